The Bertz CT molecular complexity index is 844. The smallest absolute Gasteiger partial charge is 0.230 e. The minimum Gasteiger partial charge on any atom is -0.489 e. The maximum absolute atomic E-state index is 12.0. The van der Waals surface area contributed by atoms with E-state index < -0.39 is 0 Å². The number of β-lactam (4-membered cyclic amide) rings is 1. The van der Waals surface area contributed by atoms with Gasteiger partial charge in [-0.3, -0.25) is 4.79 Å². The standard InChI is InChI=1S/C22H19NO2/c24-22-15-21(23(22)19-9-5-2-6-10-19)18-11-13-20(14-12-18)25-16-17-7-3-1-4-8-17/h1-14,21H,15-16H2/t21-/m0/s1. The zero-order valence-corrected chi connectivity index (χ0v) is 13.8. The van der Waals surface area contributed by atoms with Crippen LogP contribution in [-0.2, 0) is 11.4 Å². The molecule has 0 radical (unpaired) electrons. The molecule has 1 aliphatic rings. The van der Waals surface area contributed by atoms with Crippen LogP contribution in [0.4, 0.5) is 5.69 Å². The van der Waals surface area contributed by atoms with Crippen LogP contribution in [0.3, 0.4) is 0 Å². The molecule has 3 aromatic carbocycles. The number of anilines is 1. The first-order chi connectivity index (χ1) is 12.3. The summed E-state index contributed by atoms with van der Waals surface area (Å²) in [6, 6.07) is 28.1. The van der Waals surface area contributed by atoms with Crippen LogP contribution in [0.25, 0.3) is 0 Å². The fraction of sp³-hybridized carbons (Fsp3) is 0.136. The molecule has 0 saturated carbocycles. The van der Waals surface area contributed by atoms with Crippen molar-refractivity contribution in [1.29, 1.82) is 0 Å². The van der Waals surface area contributed by atoms with E-state index >= 15 is 0 Å². The summed E-state index contributed by atoms with van der Waals surface area (Å²) in [5.41, 5.74) is 3.23. The van der Waals surface area contributed by atoms with E-state index in [9.17, 15) is 4.79 Å². The summed E-state index contributed by atoms with van der Waals surface area (Å²) < 4.78 is 5.83. The number of hydrogen-bond donors (Lipinski definition) is 0. The monoisotopic (exact) mass is 329 g/mol. The van der Waals surface area contributed by atoms with Gasteiger partial charge >= 0.3 is 0 Å². The minimum absolute atomic E-state index is 0.109. The van der Waals surface area contributed by atoms with Crippen LogP contribution >= 0.6 is 0 Å². The normalized spacial score (nSPS) is 16.4. The molecule has 1 fully saturated rings. The van der Waals surface area contributed by atoms with Crippen molar-refractivity contribution in [2.24, 2.45) is 0 Å². The van der Waals surface area contributed by atoms with Crippen LogP contribution in [0.15, 0.2) is 84.9 Å². The summed E-state index contributed by atoms with van der Waals surface area (Å²) in [7, 11) is 0. The Morgan fingerprint density at radius 3 is 2.12 bits per heavy atom. The van der Waals surface area contributed by atoms with Crippen LogP contribution in [0.5, 0.6) is 5.75 Å². The van der Waals surface area contributed by atoms with Crippen LogP contribution in [0.1, 0.15) is 23.6 Å². The number of carbonyl (C=O) groups is 1. The number of rotatable bonds is 5. The number of ether oxygens (including phenoxy) is 1. The van der Waals surface area contributed by atoms with Gasteiger partial charge in [-0.25, -0.2) is 0 Å². The van der Waals surface area contributed by atoms with E-state index in [-0.39, 0.29) is 11.9 Å². The molecule has 1 atom stereocenters. The van der Waals surface area contributed by atoms with E-state index in [2.05, 4.69) is 0 Å². The van der Waals surface area contributed by atoms with E-state index in [1.54, 1.807) is 0 Å². The lowest BCUT2D eigenvalue weighted by atomic mass is 9.93. The molecule has 4 rings (SSSR count). The fourth-order valence-electron chi connectivity index (χ4n) is 3.12. The minimum atomic E-state index is 0.109. The van der Waals surface area contributed by atoms with Gasteiger partial charge in [-0.15, -0.1) is 0 Å². The number of hydrogen-bond acceptors (Lipinski definition) is 2. The van der Waals surface area contributed by atoms with Crippen LogP contribution in [0, 0.1) is 0 Å². The predicted octanol–water partition coefficient (Wildman–Crippen LogP) is 4.74. The molecule has 25 heavy (non-hydrogen) atoms. The molecule has 0 aromatic heterocycles. The molecule has 3 heteroatoms. The number of amides is 1. The van der Waals surface area contributed by atoms with Crippen molar-refractivity contribution in [1.82, 2.24) is 0 Å². The van der Waals surface area contributed by atoms with Gasteiger partial charge in [0.2, 0.25) is 5.91 Å². The lowest BCUT2D eigenvalue weighted by Gasteiger charge is -2.40. The topological polar surface area (TPSA) is 29.5 Å². The maximum atomic E-state index is 12.0. The van der Waals surface area contributed by atoms with Crippen molar-refractivity contribution in [3.63, 3.8) is 0 Å². The predicted molar refractivity (Wildman–Crippen MR) is 98.5 cm³/mol. The van der Waals surface area contributed by atoms with E-state index in [0.29, 0.717) is 13.0 Å². The number of carbonyl (C=O) groups excluding carboxylic acids is 1. The van der Waals surface area contributed by atoms with Crippen LogP contribution in [0.2, 0.25) is 0 Å². The van der Waals surface area contributed by atoms with Crippen LogP contribution < -0.4 is 9.64 Å². The summed E-state index contributed by atoms with van der Waals surface area (Å²) in [5.74, 6) is 1.00. The molecule has 1 saturated heterocycles. The third-order valence-corrected chi connectivity index (χ3v) is 4.50. The molecule has 3 aromatic rings. The van der Waals surface area contributed by atoms with E-state index in [4.69, 9.17) is 4.74 Å². The lowest BCUT2D eigenvalue weighted by Crippen LogP contribution is -2.46. The Labute approximate surface area is 147 Å². The highest BCUT2D eigenvalue weighted by atomic mass is 16.5. The van der Waals surface area contributed by atoms with Gasteiger partial charge in [0, 0.05) is 5.69 Å². The first-order valence-electron chi connectivity index (χ1n) is 8.45. The van der Waals surface area contributed by atoms with Gasteiger partial charge in [0.1, 0.15) is 12.4 Å². The first kappa shape index (κ1) is 15.5. The number of benzene rings is 3. The second-order valence-corrected chi connectivity index (χ2v) is 6.16. The fourth-order valence-corrected chi connectivity index (χ4v) is 3.12. The molecule has 0 spiro atoms. The summed E-state index contributed by atoms with van der Waals surface area (Å²) in [6.07, 6.45) is 0.555. The van der Waals surface area contributed by atoms with Crippen molar-refractivity contribution < 1.29 is 9.53 Å². The molecule has 0 unspecified atom stereocenters. The highest BCUT2D eigenvalue weighted by Gasteiger charge is 2.38. The van der Waals surface area contributed by atoms with Gasteiger partial charge in [-0.1, -0.05) is 60.7 Å². The molecular formula is C22H19NO2. The second kappa shape index (κ2) is 6.81. The molecule has 1 heterocycles. The summed E-state index contributed by atoms with van der Waals surface area (Å²) in [4.78, 5) is 13.9. The van der Waals surface area contributed by atoms with E-state index in [1.165, 1.54) is 0 Å². The molecular weight excluding hydrogens is 310 g/mol. The highest BCUT2D eigenvalue weighted by molar-refractivity contribution is 6.01. The number of nitrogens with zero attached hydrogens (tertiary/aromatic N) is 1. The van der Waals surface area contributed by atoms with Crippen molar-refractivity contribution in [2.75, 3.05) is 4.90 Å². The van der Waals surface area contributed by atoms with Gasteiger partial charge in [-0.2, -0.15) is 0 Å². The Balaban J connectivity index is 1.44. The molecule has 0 N–H and O–H groups in total. The molecule has 1 aliphatic heterocycles. The van der Waals surface area contributed by atoms with Gasteiger partial charge in [-0.05, 0) is 35.4 Å². The van der Waals surface area contributed by atoms with Gasteiger partial charge in [0.25, 0.3) is 0 Å². The quantitative estimate of drug-likeness (QED) is 0.633. The van der Waals surface area contributed by atoms with Crippen molar-refractivity contribution in [3.05, 3.63) is 96.1 Å². The van der Waals surface area contributed by atoms with E-state index in [1.807, 2.05) is 89.8 Å². The van der Waals surface area contributed by atoms with Crippen molar-refractivity contribution in [2.45, 2.75) is 19.1 Å². The first-order valence-corrected chi connectivity index (χ1v) is 8.45. The third-order valence-electron chi connectivity index (χ3n) is 4.50. The lowest BCUT2D eigenvalue weighted by molar-refractivity contribution is -0.124. The molecule has 0 aliphatic carbocycles. The Kier molecular flexibility index (Phi) is 4.21. The zero-order valence-electron chi connectivity index (χ0n) is 13.8. The van der Waals surface area contributed by atoms with Gasteiger partial charge < -0.3 is 9.64 Å². The Hall–Kier alpha value is -3.07. The summed E-state index contributed by atoms with van der Waals surface area (Å²) in [6.45, 7) is 0.554. The summed E-state index contributed by atoms with van der Waals surface area (Å²) in [5, 5.41) is 0. The maximum Gasteiger partial charge on any atom is 0.230 e. The number of para-hydroxylation sites is 1. The van der Waals surface area contributed by atoms with E-state index in [0.717, 1.165) is 22.6 Å². The largest absolute Gasteiger partial charge is 0.489 e. The average Bonchev–Trinajstić information content (AvgIpc) is 2.66. The van der Waals surface area contributed by atoms with Crippen LogP contribution in [-0.4, -0.2) is 5.91 Å². The third kappa shape index (κ3) is 3.26. The van der Waals surface area contributed by atoms with Crippen molar-refractivity contribution >= 4 is 11.6 Å². The molecule has 1 amide bonds. The Morgan fingerprint density at radius 2 is 1.48 bits per heavy atom. The van der Waals surface area contributed by atoms with Gasteiger partial charge in [0.05, 0.1) is 12.5 Å². The SMILES string of the molecule is O=C1C[C@@H](c2ccc(OCc3ccccc3)cc2)N1c1ccccc1. The van der Waals surface area contributed by atoms with Gasteiger partial charge in [0.15, 0.2) is 0 Å². The zero-order chi connectivity index (χ0) is 17.1. The molecule has 0 bridgehead atoms. The second-order valence-electron chi connectivity index (χ2n) is 6.16. The highest BCUT2D eigenvalue weighted by Crippen LogP contribution is 2.39. The molecule has 3 nitrogen and oxygen atoms in total. The Morgan fingerprint density at radius 1 is 0.840 bits per heavy atom. The molecule has 124 valence electrons. The summed E-state index contributed by atoms with van der Waals surface area (Å²) >= 11 is 0. The average molecular weight is 329 g/mol. The van der Waals surface area contributed by atoms with Crippen molar-refractivity contribution in [3.8, 4) is 5.75 Å².